The maximum absolute atomic E-state index is 12.9. The van der Waals surface area contributed by atoms with Gasteiger partial charge in [-0.15, -0.1) is 0 Å². The van der Waals surface area contributed by atoms with Crippen molar-refractivity contribution < 1.29 is 17.2 Å². The van der Waals surface area contributed by atoms with Crippen LogP contribution in [-0.4, -0.2) is 27.4 Å². The summed E-state index contributed by atoms with van der Waals surface area (Å²) >= 11 is 0. The SMILES string of the molecule is Cc1ccc(S(=O)(=O)NCC(F)(F)CN)cc1C. The minimum atomic E-state index is -3.93. The van der Waals surface area contributed by atoms with Gasteiger partial charge in [0, 0.05) is 0 Å². The van der Waals surface area contributed by atoms with E-state index in [-0.39, 0.29) is 4.90 Å². The monoisotopic (exact) mass is 278 g/mol. The van der Waals surface area contributed by atoms with Crippen LogP contribution in [0, 0.1) is 13.8 Å². The Morgan fingerprint density at radius 1 is 1.28 bits per heavy atom. The number of aryl methyl sites for hydroxylation is 2. The van der Waals surface area contributed by atoms with Crippen LogP contribution in [0.3, 0.4) is 0 Å². The quantitative estimate of drug-likeness (QED) is 0.849. The molecule has 0 aromatic heterocycles. The summed E-state index contributed by atoms with van der Waals surface area (Å²) in [6.07, 6.45) is 0. The fourth-order valence-corrected chi connectivity index (χ4v) is 2.38. The molecule has 1 aromatic carbocycles. The van der Waals surface area contributed by atoms with Crippen LogP contribution in [0.5, 0.6) is 0 Å². The van der Waals surface area contributed by atoms with Gasteiger partial charge in [-0.3, -0.25) is 0 Å². The molecule has 0 aliphatic carbocycles. The van der Waals surface area contributed by atoms with E-state index >= 15 is 0 Å². The van der Waals surface area contributed by atoms with Gasteiger partial charge >= 0.3 is 0 Å². The first-order chi connectivity index (χ1) is 8.18. The summed E-state index contributed by atoms with van der Waals surface area (Å²) in [6, 6.07) is 4.45. The van der Waals surface area contributed by atoms with Crippen molar-refractivity contribution in [2.75, 3.05) is 13.1 Å². The van der Waals surface area contributed by atoms with E-state index in [9.17, 15) is 17.2 Å². The van der Waals surface area contributed by atoms with Crippen LogP contribution in [0.4, 0.5) is 8.78 Å². The van der Waals surface area contributed by atoms with E-state index in [0.717, 1.165) is 11.1 Å². The summed E-state index contributed by atoms with van der Waals surface area (Å²) in [4.78, 5) is -0.0292. The maximum Gasteiger partial charge on any atom is 0.273 e. The summed E-state index contributed by atoms with van der Waals surface area (Å²) in [5.74, 6) is -3.24. The van der Waals surface area contributed by atoms with Crippen molar-refractivity contribution >= 4 is 10.0 Å². The van der Waals surface area contributed by atoms with Crippen LogP contribution in [0.25, 0.3) is 0 Å². The van der Waals surface area contributed by atoms with E-state index in [2.05, 4.69) is 0 Å². The van der Waals surface area contributed by atoms with Gasteiger partial charge in [-0.05, 0) is 37.1 Å². The Morgan fingerprint density at radius 3 is 2.39 bits per heavy atom. The highest BCUT2D eigenvalue weighted by molar-refractivity contribution is 7.89. The van der Waals surface area contributed by atoms with Crippen molar-refractivity contribution in [2.24, 2.45) is 5.73 Å². The Bertz CT molecular complexity index is 530. The molecule has 0 radical (unpaired) electrons. The number of halogens is 2. The molecule has 18 heavy (non-hydrogen) atoms. The number of alkyl halides is 2. The zero-order valence-electron chi connectivity index (χ0n) is 10.2. The van der Waals surface area contributed by atoms with Crippen molar-refractivity contribution in [3.05, 3.63) is 29.3 Å². The molecule has 0 bridgehead atoms. The molecule has 0 aliphatic heterocycles. The van der Waals surface area contributed by atoms with Gasteiger partial charge in [0.1, 0.15) is 0 Å². The van der Waals surface area contributed by atoms with E-state index in [0.29, 0.717) is 0 Å². The zero-order chi connectivity index (χ0) is 14.0. The van der Waals surface area contributed by atoms with E-state index in [4.69, 9.17) is 5.73 Å². The molecule has 0 saturated heterocycles. The van der Waals surface area contributed by atoms with Crippen LogP contribution in [0.15, 0.2) is 23.1 Å². The van der Waals surface area contributed by atoms with Gasteiger partial charge in [0.25, 0.3) is 5.92 Å². The molecule has 102 valence electrons. The maximum atomic E-state index is 12.9. The second-order valence-corrected chi connectivity index (χ2v) is 5.90. The lowest BCUT2D eigenvalue weighted by Gasteiger charge is -2.15. The van der Waals surface area contributed by atoms with Gasteiger partial charge in [-0.25, -0.2) is 21.9 Å². The first-order valence-electron chi connectivity index (χ1n) is 5.33. The summed E-state index contributed by atoms with van der Waals surface area (Å²) in [5.41, 5.74) is 6.55. The third-order valence-corrected chi connectivity index (χ3v) is 4.01. The van der Waals surface area contributed by atoms with Gasteiger partial charge < -0.3 is 5.73 Å². The third-order valence-electron chi connectivity index (χ3n) is 2.61. The number of hydrogen-bond donors (Lipinski definition) is 2. The van der Waals surface area contributed by atoms with E-state index in [1.807, 2.05) is 11.6 Å². The zero-order valence-corrected chi connectivity index (χ0v) is 11.0. The Labute approximate surface area is 105 Å². The van der Waals surface area contributed by atoms with Crippen molar-refractivity contribution in [1.82, 2.24) is 4.72 Å². The Kier molecular flexibility index (Phi) is 4.41. The molecule has 0 saturated carbocycles. The molecular weight excluding hydrogens is 262 g/mol. The minimum Gasteiger partial charge on any atom is -0.325 e. The van der Waals surface area contributed by atoms with Crippen LogP contribution >= 0.6 is 0 Å². The van der Waals surface area contributed by atoms with Crippen molar-refractivity contribution in [3.8, 4) is 0 Å². The van der Waals surface area contributed by atoms with Crippen molar-refractivity contribution in [1.29, 1.82) is 0 Å². The smallest absolute Gasteiger partial charge is 0.273 e. The molecular formula is C11H16F2N2O2S. The lowest BCUT2D eigenvalue weighted by atomic mass is 10.1. The fraction of sp³-hybridized carbons (Fsp3) is 0.455. The number of benzene rings is 1. The molecule has 1 aromatic rings. The molecule has 0 atom stereocenters. The van der Waals surface area contributed by atoms with Crippen LogP contribution < -0.4 is 10.5 Å². The van der Waals surface area contributed by atoms with Crippen LogP contribution in [0.2, 0.25) is 0 Å². The molecule has 0 amide bonds. The highest BCUT2D eigenvalue weighted by Gasteiger charge is 2.29. The lowest BCUT2D eigenvalue weighted by Crippen LogP contribution is -2.41. The van der Waals surface area contributed by atoms with Crippen molar-refractivity contribution in [3.63, 3.8) is 0 Å². The molecule has 3 N–H and O–H groups in total. The predicted octanol–water partition coefficient (Wildman–Crippen LogP) is 1.18. The summed E-state index contributed by atoms with van der Waals surface area (Å²) < 4.78 is 51.2. The molecule has 0 fully saturated rings. The Morgan fingerprint density at radius 2 is 1.89 bits per heavy atom. The average molecular weight is 278 g/mol. The second kappa shape index (κ2) is 5.29. The average Bonchev–Trinajstić information content (AvgIpc) is 2.30. The summed E-state index contributed by atoms with van der Waals surface area (Å²) in [5, 5.41) is 0. The minimum absolute atomic E-state index is 0.0292. The van der Waals surface area contributed by atoms with E-state index < -0.39 is 29.0 Å². The number of rotatable bonds is 5. The molecule has 0 aliphatic rings. The Hall–Kier alpha value is -1.05. The van der Waals surface area contributed by atoms with Crippen LogP contribution in [-0.2, 0) is 10.0 Å². The van der Waals surface area contributed by atoms with E-state index in [1.165, 1.54) is 12.1 Å². The van der Waals surface area contributed by atoms with Gasteiger partial charge in [0.15, 0.2) is 0 Å². The van der Waals surface area contributed by atoms with Crippen molar-refractivity contribution in [2.45, 2.75) is 24.7 Å². The van der Waals surface area contributed by atoms with Gasteiger partial charge in [0.05, 0.1) is 18.0 Å². The first kappa shape index (κ1) is 15.0. The summed E-state index contributed by atoms with van der Waals surface area (Å²) in [6.45, 7) is 1.69. The van der Waals surface area contributed by atoms with Gasteiger partial charge in [0.2, 0.25) is 10.0 Å². The number of nitrogens with two attached hydrogens (primary N) is 1. The third kappa shape index (κ3) is 3.72. The van der Waals surface area contributed by atoms with E-state index in [1.54, 1.807) is 13.0 Å². The molecule has 1 rings (SSSR count). The number of hydrogen-bond acceptors (Lipinski definition) is 3. The molecule has 0 unspecified atom stereocenters. The lowest BCUT2D eigenvalue weighted by molar-refractivity contribution is 0.0170. The highest BCUT2D eigenvalue weighted by atomic mass is 32.2. The Balaban J connectivity index is 2.90. The molecule has 4 nitrogen and oxygen atoms in total. The normalized spacial score (nSPS) is 12.7. The van der Waals surface area contributed by atoms with Crippen LogP contribution in [0.1, 0.15) is 11.1 Å². The topological polar surface area (TPSA) is 72.2 Å². The molecule has 0 spiro atoms. The number of sulfonamides is 1. The standard InChI is InChI=1S/C11H16F2N2O2S/c1-8-3-4-10(5-9(8)2)18(16,17)15-7-11(12,13)6-14/h3-5,15H,6-7,14H2,1-2H3. The second-order valence-electron chi connectivity index (χ2n) is 4.13. The molecule has 7 heteroatoms. The first-order valence-corrected chi connectivity index (χ1v) is 6.81. The summed E-state index contributed by atoms with van der Waals surface area (Å²) in [7, 11) is -3.93. The fourth-order valence-electron chi connectivity index (χ4n) is 1.24. The van der Waals surface area contributed by atoms with Gasteiger partial charge in [-0.2, -0.15) is 0 Å². The number of nitrogens with one attached hydrogen (secondary N) is 1. The predicted molar refractivity (Wildman–Crippen MR) is 65.1 cm³/mol. The van der Waals surface area contributed by atoms with Gasteiger partial charge in [-0.1, -0.05) is 6.07 Å². The highest BCUT2D eigenvalue weighted by Crippen LogP contribution is 2.16. The molecule has 0 heterocycles. The largest absolute Gasteiger partial charge is 0.325 e.